The number of carbonyl (C=O) groups is 4. The van der Waals surface area contributed by atoms with Crippen LogP contribution in [0.5, 0.6) is 0 Å². The number of rotatable bonds is 4. The molecule has 2 aliphatic heterocycles. The smallest absolute Gasteiger partial charge is 0.352 e. The summed E-state index contributed by atoms with van der Waals surface area (Å²) < 4.78 is 0. The van der Waals surface area contributed by atoms with Gasteiger partial charge in [0, 0.05) is 18.4 Å². The third kappa shape index (κ3) is 2.63. The second kappa shape index (κ2) is 6.31. The van der Waals surface area contributed by atoms with Crippen LogP contribution < -0.4 is 5.32 Å². The largest absolute Gasteiger partial charge is 0.477 e. The molecule has 3 rings (SSSR count). The second-order valence-corrected chi connectivity index (χ2v) is 7.58. The Kier molecular flexibility index (Phi) is 4.43. The molecule has 0 aliphatic carbocycles. The van der Waals surface area contributed by atoms with Gasteiger partial charge in [-0.1, -0.05) is 0 Å². The van der Waals surface area contributed by atoms with Gasteiger partial charge in [-0.05, 0) is 31.9 Å². The molecule has 1 saturated heterocycles. The maximum absolute atomic E-state index is 12.7. The number of amides is 2. The lowest BCUT2D eigenvalue weighted by Gasteiger charge is -2.49. The van der Waals surface area contributed by atoms with E-state index in [1.807, 2.05) is 0 Å². The van der Waals surface area contributed by atoms with Crippen molar-refractivity contribution >= 4 is 35.3 Å². The number of thioether (sulfide) groups is 1. The van der Waals surface area contributed by atoms with E-state index in [2.05, 4.69) is 10.3 Å². The lowest BCUT2D eigenvalue weighted by molar-refractivity contribution is -0.148. The molecule has 26 heavy (non-hydrogen) atoms. The lowest BCUT2D eigenvalue weighted by Crippen LogP contribution is -2.70. The standard InChI is InChI=1S/C17H19N3O5S/c1-6-5-26-16-12(15(23)20(16)13(6)17(24)25)19-14(22)10-7(2)11(9(4)21)18-8(10)3/h12,16,18H,5H2,1-4H3,(H,19,22)(H,24,25)/t12-,16-/m1/s1. The molecule has 0 unspecified atom stereocenters. The molecule has 0 radical (unpaired) electrons. The number of β-lactam (4-membered cyclic amide) rings is 1. The molecule has 0 spiro atoms. The molecule has 2 amide bonds. The first kappa shape index (κ1) is 18.2. The summed E-state index contributed by atoms with van der Waals surface area (Å²) in [6, 6.07) is -0.788. The third-order valence-electron chi connectivity index (χ3n) is 4.66. The van der Waals surface area contributed by atoms with Crippen molar-refractivity contribution in [3.05, 3.63) is 33.8 Å². The molecule has 0 bridgehead atoms. The molecule has 0 aromatic carbocycles. The molecule has 0 saturated carbocycles. The average Bonchev–Trinajstić information content (AvgIpc) is 2.86. The van der Waals surface area contributed by atoms with Gasteiger partial charge >= 0.3 is 5.97 Å². The highest BCUT2D eigenvalue weighted by molar-refractivity contribution is 8.00. The van der Waals surface area contributed by atoms with Gasteiger partial charge in [-0.2, -0.15) is 0 Å². The fraction of sp³-hybridized carbons (Fsp3) is 0.412. The Balaban J connectivity index is 1.82. The van der Waals surface area contributed by atoms with E-state index in [4.69, 9.17) is 0 Å². The minimum absolute atomic E-state index is 0.00267. The summed E-state index contributed by atoms with van der Waals surface area (Å²) in [6.07, 6.45) is 0. The molecule has 1 aromatic heterocycles. The Morgan fingerprint density at radius 2 is 1.92 bits per heavy atom. The number of nitrogens with one attached hydrogen (secondary N) is 2. The molecular weight excluding hydrogens is 358 g/mol. The normalized spacial score (nSPS) is 22.0. The van der Waals surface area contributed by atoms with Crippen LogP contribution in [0.1, 0.15) is 46.0 Å². The molecule has 8 nitrogen and oxygen atoms in total. The Labute approximate surface area is 154 Å². The van der Waals surface area contributed by atoms with Gasteiger partial charge in [-0.25, -0.2) is 4.79 Å². The van der Waals surface area contributed by atoms with E-state index in [1.165, 1.54) is 23.6 Å². The van der Waals surface area contributed by atoms with Crippen molar-refractivity contribution in [3.63, 3.8) is 0 Å². The van der Waals surface area contributed by atoms with Crippen LogP contribution in [0.15, 0.2) is 11.3 Å². The number of aliphatic carboxylic acids is 1. The van der Waals surface area contributed by atoms with Crippen molar-refractivity contribution in [1.29, 1.82) is 0 Å². The van der Waals surface area contributed by atoms with Crippen LogP contribution in [-0.2, 0) is 9.59 Å². The number of carboxylic acid groups (broad SMARTS) is 1. The quantitative estimate of drug-likeness (QED) is 0.536. The number of hydrogen-bond acceptors (Lipinski definition) is 5. The third-order valence-corrected chi connectivity index (χ3v) is 6.09. The van der Waals surface area contributed by atoms with Crippen molar-refractivity contribution in [2.75, 3.05) is 5.75 Å². The summed E-state index contributed by atoms with van der Waals surface area (Å²) in [5.74, 6) is -1.73. The average molecular weight is 377 g/mol. The molecule has 138 valence electrons. The fourth-order valence-corrected chi connectivity index (χ4v) is 4.72. The molecule has 2 aliphatic rings. The van der Waals surface area contributed by atoms with Crippen LogP contribution in [0.4, 0.5) is 0 Å². The summed E-state index contributed by atoms with van der Waals surface area (Å²) in [6.45, 7) is 6.46. The number of H-pyrrole nitrogens is 1. The number of aryl methyl sites for hydroxylation is 1. The fourth-order valence-electron chi connectivity index (χ4n) is 3.43. The van der Waals surface area contributed by atoms with Gasteiger partial charge in [0.05, 0.1) is 11.3 Å². The zero-order chi connectivity index (χ0) is 19.3. The SMILES string of the molecule is CC(=O)c1[nH]c(C)c(C(=O)N[C@@H]2C(=O)N3C(C(=O)O)=C(C)CS[C@H]23)c1C. The highest BCUT2D eigenvalue weighted by atomic mass is 32.2. The van der Waals surface area contributed by atoms with Crippen molar-refractivity contribution in [1.82, 2.24) is 15.2 Å². The number of ketones is 1. The van der Waals surface area contributed by atoms with E-state index < -0.39 is 29.2 Å². The summed E-state index contributed by atoms with van der Waals surface area (Å²) >= 11 is 1.42. The maximum Gasteiger partial charge on any atom is 0.352 e. The van der Waals surface area contributed by atoms with Crippen molar-refractivity contribution in [3.8, 4) is 0 Å². The van der Waals surface area contributed by atoms with Crippen molar-refractivity contribution < 1.29 is 24.3 Å². The van der Waals surface area contributed by atoms with E-state index in [0.717, 1.165) is 0 Å². The Hall–Kier alpha value is -2.55. The Morgan fingerprint density at radius 3 is 2.46 bits per heavy atom. The summed E-state index contributed by atoms with van der Waals surface area (Å²) in [4.78, 5) is 52.3. The maximum atomic E-state index is 12.7. The molecule has 3 heterocycles. The predicted molar refractivity (Wildman–Crippen MR) is 95.0 cm³/mol. The van der Waals surface area contributed by atoms with Gasteiger partial charge in [-0.3, -0.25) is 19.3 Å². The van der Waals surface area contributed by atoms with E-state index >= 15 is 0 Å². The molecule has 2 atom stereocenters. The minimum atomic E-state index is -1.14. The van der Waals surface area contributed by atoms with Crippen LogP contribution in [0, 0.1) is 13.8 Å². The van der Waals surface area contributed by atoms with Crippen molar-refractivity contribution in [2.45, 2.75) is 39.1 Å². The molecule has 9 heteroatoms. The first-order chi connectivity index (χ1) is 12.1. The minimum Gasteiger partial charge on any atom is -0.477 e. The van der Waals surface area contributed by atoms with E-state index in [-0.39, 0.29) is 11.5 Å². The summed E-state index contributed by atoms with van der Waals surface area (Å²) in [7, 11) is 0. The summed E-state index contributed by atoms with van der Waals surface area (Å²) in [5.41, 5.74) is 2.42. The van der Waals surface area contributed by atoms with Gasteiger partial charge in [0.1, 0.15) is 17.1 Å². The molecule has 1 aromatic rings. The highest BCUT2D eigenvalue weighted by Crippen LogP contribution is 2.40. The number of aromatic amines is 1. The van der Waals surface area contributed by atoms with Crippen LogP contribution >= 0.6 is 11.8 Å². The number of nitrogens with zero attached hydrogens (tertiary/aromatic N) is 1. The number of carboxylic acids is 1. The van der Waals surface area contributed by atoms with Gasteiger partial charge in [-0.15, -0.1) is 11.8 Å². The Bertz CT molecular complexity index is 885. The number of aromatic nitrogens is 1. The topological polar surface area (TPSA) is 120 Å². The Morgan fingerprint density at radius 1 is 1.27 bits per heavy atom. The number of fused-ring (bicyclic) bond motifs is 1. The predicted octanol–water partition coefficient (Wildman–Crippen LogP) is 1.21. The monoisotopic (exact) mass is 377 g/mol. The number of carbonyl (C=O) groups excluding carboxylic acids is 3. The zero-order valence-electron chi connectivity index (χ0n) is 14.8. The molecule has 1 fully saturated rings. The molecule has 3 N–H and O–H groups in total. The first-order valence-corrected chi connectivity index (χ1v) is 9.08. The molecular formula is C17H19N3O5S. The van der Waals surface area contributed by atoms with E-state index in [0.29, 0.717) is 33.8 Å². The first-order valence-electron chi connectivity index (χ1n) is 8.03. The van der Waals surface area contributed by atoms with Gasteiger partial charge in [0.25, 0.3) is 11.8 Å². The number of Topliss-reactive ketones (excluding diaryl/α,β-unsaturated/α-hetero) is 1. The van der Waals surface area contributed by atoms with Gasteiger partial charge < -0.3 is 15.4 Å². The lowest BCUT2D eigenvalue weighted by atomic mass is 10.0. The van der Waals surface area contributed by atoms with Crippen LogP contribution in [0.3, 0.4) is 0 Å². The highest BCUT2D eigenvalue weighted by Gasteiger charge is 2.53. The van der Waals surface area contributed by atoms with Gasteiger partial charge in [0.15, 0.2) is 5.78 Å². The van der Waals surface area contributed by atoms with Crippen molar-refractivity contribution in [2.24, 2.45) is 0 Å². The van der Waals surface area contributed by atoms with Crippen LogP contribution in [0.2, 0.25) is 0 Å². The van der Waals surface area contributed by atoms with E-state index in [1.54, 1.807) is 20.8 Å². The zero-order valence-corrected chi connectivity index (χ0v) is 15.6. The van der Waals surface area contributed by atoms with E-state index in [9.17, 15) is 24.3 Å². The van der Waals surface area contributed by atoms with Crippen LogP contribution in [-0.4, -0.2) is 55.7 Å². The van der Waals surface area contributed by atoms with Gasteiger partial charge in [0.2, 0.25) is 0 Å². The summed E-state index contributed by atoms with van der Waals surface area (Å²) in [5, 5.41) is 11.6. The number of hydrogen-bond donors (Lipinski definition) is 3. The second-order valence-electron chi connectivity index (χ2n) is 6.48. The van der Waals surface area contributed by atoms with Crippen LogP contribution in [0.25, 0.3) is 0 Å².